The number of nitrogens with zero attached hydrogens (tertiary/aromatic N) is 2. The predicted molar refractivity (Wildman–Crippen MR) is 48.2 cm³/mol. The van der Waals surface area contributed by atoms with E-state index in [0.29, 0.717) is 7.05 Å². The molecule has 0 saturated carbocycles. The number of alkyl halides is 7. The van der Waals surface area contributed by atoms with E-state index in [1.54, 1.807) is 0 Å². The van der Waals surface area contributed by atoms with Gasteiger partial charge in [0.25, 0.3) is 0 Å². The van der Waals surface area contributed by atoms with Crippen molar-refractivity contribution >= 4 is 20.2 Å². The second kappa shape index (κ2) is 4.64. The minimum absolute atomic E-state index is 0.436. The summed E-state index contributed by atoms with van der Waals surface area (Å²) in [6.07, 6.45) is -6.34. The Balaban J connectivity index is 5.34. The Morgan fingerprint density at radius 2 is 1.24 bits per heavy atom. The van der Waals surface area contributed by atoms with Crippen molar-refractivity contribution in [3.05, 3.63) is 0 Å². The van der Waals surface area contributed by atoms with Crippen LogP contribution in [0.2, 0.25) is 0 Å². The molecule has 0 aliphatic rings. The zero-order chi connectivity index (χ0) is 14.2. The maximum atomic E-state index is 13.1. The van der Waals surface area contributed by atoms with E-state index in [1.165, 1.54) is 14.1 Å². The van der Waals surface area contributed by atoms with Crippen molar-refractivity contribution in [2.24, 2.45) is 0 Å². The van der Waals surface area contributed by atoms with Gasteiger partial charge in [-0.25, -0.2) is 0 Å². The number of hydrogen-bond donors (Lipinski definition) is 0. The van der Waals surface area contributed by atoms with Gasteiger partial charge < -0.3 is 0 Å². The van der Waals surface area contributed by atoms with E-state index in [1.807, 2.05) is 15.6 Å². The van der Waals surface area contributed by atoms with E-state index in [9.17, 15) is 30.7 Å². The molecular weight excluding hydrogens is 324 g/mol. The van der Waals surface area contributed by atoms with Crippen LogP contribution in [0.4, 0.5) is 30.7 Å². The van der Waals surface area contributed by atoms with E-state index < -0.39 is 27.7 Å². The molecule has 0 atom stereocenters. The molecule has 0 unspecified atom stereocenters. The molecule has 0 radical (unpaired) electrons. The Hall–Kier alpha value is -0.501. The van der Waals surface area contributed by atoms with Crippen LogP contribution < -0.4 is 0 Å². The van der Waals surface area contributed by atoms with Crippen LogP contribution in [0, 0.1) is 0 Å². The summed E-state index contributed by atoms with van der Waals surface area (Å²) in [5.74, 6) is -6.15. The maximum absolute atomic E-state index is 13.1. The average Bonchev–Trinajstić information content (AvgIpc) is 2.13. The van der Waals surface area contributed by atoms with Gasteiger partial charge in [-0.2, -0.15) is 0 Å². The van der Waals surface area contributed by atoms with Crippen LogP contribution in [0.25, 0.3) is 0 Å². The summed E-state index contributed by atoms with van der Waals surface area (Å²) in [5.41, 5.74) is 0. The normalized spacial score (nSPS) is 13.5. The molecule has 0 aliphatic carbocycles. The van der Waals surface area contributed by atoms with Crippen molar-refractivity contribution < 1.29 is 30.7 Å². The molecule has 0 aromatic rings. The van der Waals surface area contributed by atoms with Gasteiger partial charge in [-0.15, -0.1) is 0 Å². The Bertz CT molecular complexity index is 299. The first-order chi connectivity index (χ1) is 7.26. The van der Waals surface area contributed by atoms with Gasteiger partial charge >= 0.3 is 100 Å². The molecule has 0 heterocycles. The molecule has 2 nitrogen and oxygen atoms in total. The average molecular weight is 333 g/mol. The fourth-order valence-electron chi connectivity index (χ4n) is 0.801. The first-order valence-corrected chi connectivity index (χ1v) is 4.90. The summed E-state index contributed by atoms with van der Waals surface area (Å²) in [6.45, 7) is 0. The van der Waals surface area contributed by atoms with Gasteiger partial charge in [-0.3, -0.25) is 0 Å². The monoisotopic (exact) mass is 334 g/mol. The van der Waals surface area contributed by atoms with E-state index in [2.05, 4.69) is 0 Å². The molecule has 0 saturated heterocycles. The topological polar surface area (TPSA) is 6.48 Å². The van der Waals surface area contributed by atoms with Crippen LogP contribution in [0.15, 0.2) is 0 Å². The zero-order valence-electron chi connectivity index (χ0n) is 8.95. The Morgan fingerprint density at radius 3 is 1.47 bits per heavy atom. The summed E-state index contributed by atoms with van der Waals surface area (Å²) in [7, 11) is 2.86. The molecule has 0 aromatic carbocycles. The molecule has 102 valence electrons. The van der Waals surface area contributed by atoms with E-state index in [4.69, 9.17) is 0 Å². The summed E-state index contributed by atoms with van der Waals surface area (Å²) in [5, 5.41) is 0. The summed E-state index contributed by atoms with van der Waals surface area (Å²) >= 11 is 1.99. The minimum atomic E-state index is -6.34. The second-order valence-corrected chi connectivity index (χ2v) is 4.12. The van der Waals surface area contributed by atoms with E-state index >= 15 is 0 Å². The number of hydrogen-bond acceptors (Lipinski definition) is 2. The predicted octanol–water partition coefficient (Wildman–Crippen LogP) is 1.53. The molecule has 0 bridgehead atoms. The molecule has 0 fully saturated rings. The van der Waals surface area contributed by atoms with Gasteiger partial charge in [0.15, 0.2) is 0 Å². The van der Waals surface area contributed by atoms with Crippen molar-refractivity contribution in [1.29, 1.82) is 0 Å². The summed E-state index contributed by atoms with van der Waals surface area (Å²) < 4.78 is 86.5. The quantitative estimate of drug-likeness (QED) is 0.437. The third kappa shape index (κ3) is 2.85. The number of rotatable bonds is 4. The van der Waals surface area contributed by atoms with Crippen LogP contribution in [0.3, 0.4) is 0 Å². The van der Waals surface area contributed by atoms with Crippen molar-refractivity contribution in [3.63, 3.8) is 0 Å². The van der Waals surface area contributed by atoms with Gasteiger partial charge in [0.2, 0.25) is 0 Å². The molecule has 10 heteroatoms. The van der Waals surface area contributed by atoms with Crippen LogP contribution >= 0.6 is 0 Å². The first-order valence-electron chi connectivity index (χ1n) is 4.04. The Morgan fingerprint density at radius 1 is 0.882 bits per heavy atom. The van der Waals surface area contributed by atoms with Crippen molar-refractivity contribution in [2.45, 2.75) is 18.1 Å². The number of halogens is 7. The van der Waals surface area contributed by atoms with E-state index in [-0.39, 0.29) is 0 Å². The van der Waals surface area contributed by atoms with Crippen LogP contribution in [0.5, 0.6) is 0 Å². The second-order valence-electron chi connectivity index (χ2n) is 3.35. The van der Waals surface area contributed by atoms with Crippen LogP contribution in [-0.4, -0.2) is 69.3 Å². The van der Waals surface area contributed by atoms with Gasteiger partial charge in [0.05, 0.1) is 0 Å². The standard InChI is InChI=1S/C7H9F7N2Se/c1-15(2)4(17)16(3)7(13,14)5(8,9)6(10,11)12/h1-3H3. The molecule has 0 amide bonds. The Kier molecular flexibility index (Phi) is 4.50. The van der Waals surface area contributed by atoms with Gasteiger partial charge in [0, 0.05) is 0 Å². The molecule has 0 aromatic heterocycles. The van der Waals surface area contributed by atoms with Gasteiger partial charge in [-0.1, -0.05) is 0 Å². The zero-order valence-corrected chi connectivity index (χ0v) is 10.7. The van der Waals surface area contributed by atoms with Crippen LogP contribution in [-0.2, 0) is 0 Å². The fraction of sp³-hybridized carbons (Fsp3) is 0.857. The fourth-order valence-corrected chi connectivity index (χ4v) is 1.04. The Labute approximate surface area is 101 Å². The third-order valence-electron chi connectivity index (χ3n) is 1.82. The molecule has 17 heavy (non-hydrogen) atoms. The molecule has 0 aliphatic heterocycles. The SMILES string of the molecule is CN(C)C(=[Se])N(C)C(F)(F)C(F)(F)C(F)(F)F. The summed E-state index contributed by atoms with van der Waals surface area (Å²) in [4.78, 5) is 0.487. The first kappa shape index (κ1) is 16.5. The third-order valence-corrected chi connectivity index (χ3v) is 3.17. The molecule has 0 rings (SSSR count). The van der Waals surface area contributed by atoms with Crippen molar-refractivity contribution in [3.8, 4) is 0 Å². The van der Waals surface area contributed by atoms with Gasteiger partial charge in [0.1, 0.15) is 0 Å². The molecular formula is C7H9F7N2Se. The van der Waals surface area contributed by atoms with Crippen molar-refractivity contribution in [1.82, 2.24) is 9.80 Å². The van der Waals surface area contributed by atoms with Crippen LogP contribution in [0.1, 0.15) is 0 Å². The molecule has 0 N–H and O–H groups in total. The molecule has 0 spiro atoms. The van der Waals surface area contributed by atoms with Gasteiger partial charge in [-0.05, 0) is 0 Å². The van der Waals surface area contributed by atoms with Crippen molar-refractivity contribution in [2.75, 3.05) is 21.1 Å². The summed E-state index contributed by atoms with van der Waals surface area (Å²) in [6, 6.07) is -5.39. The van der Waals surface area contributed by atoms with E-state index in [0.717, 1.165) is 4.90 Å².